The monoisotopic (exact) mass is 466 g/mol. The van der Waals surface area contributed by atoms with Crippen molar-refractivity contribution in [1.29, 1.82) is 5.26 Å². The van der Waals surface area contributed by atoms with Gasteiger partial charge in [-0.3, -0.25) is 14.3 Å². The minimum atomic E-state index is -4.13. The molecule has 0 aromatic carbocycles. The van der Waals surface area contributed by atoms with Gasteiger partial charge in [-0.1, -0.05) is 0 Å². The van der Waals surface area contributed by atoms with Crippen LogP contribution in [0.3, 0.4) is 0 Å². The Balaban J connectivity index is 1.46. The topological polar surface area (TPSA) is 117 Å². The van der Waals surface area contributed by atoms with Crippen molar-refractivity contribution in [2.24, 2.45) is 17.6 Å². The Morgan fingerprint density at radius 1 is 1.18 bits per heavy atom. The zero-order valence-corrected chi connectivity index (χ0v) is 18.4. The highest BCUT2D eigenvalue weighted by molar-refractivity contribution is 6.02. The van der Waals surface area contributed by atoms with E-state index in [-0.39, 0.29) is 48.5 Å². The summed E-state index contributed by atoms with van der Waals surface area (Å²) < 4.78 is 40.6. The van der Waals surface area contributed by atoms with Gasteiger partial charge in [0.05, 0.1) is 23.9 Å². The average Bonchev–Trinajstić information content (AvgIpc) is 3.54. The normalized spacial score (nSPS) is 27.2. The molecule has 1 aromatic rings. The number of likely N-dealkylation sites (tertiary alicyclic amines) is 1. The number of alkyl halides is 3. The first-order chi connectivity index (χ1) is 15.6. The summed E-state index contributed by atoms with van der Waals surface area (Å²) in [6, 6.07) is 2.38. The number of nitriles is 1. The summed E-state index contributed by atoms with van der Waals surface area (Å²) in [4.78, 5) is 26.3. The molecule has 3 N–H and O–H groups in total. The van der Waals surface area contributed by atoms with Gasteiger partial charge in [-0.25, -0.2) is 0 Å². The van der Waals surface area contributed by atoms with E-state index in [1.54, 1.807) is 4.68 Å². The maximum atomic E-state index is 13.0. The molecule has 33 heavy (non-hydrogen) atoms. The molecule has 2 saturated carbocycles. The number of nitrogens with zero attached hydrogens (tertiary/aromatic N) is 4. The smallest absolute Gasteiger partial charge is 0.365 e. The van der Waals surface area contributed by atoms with Crippen LogP contribution in [0.1, 0.15) is 68.1 Å². The van der Waals surface area contributed by atoms with Gasteiger partial charge in [-0.05, 0) is 64.5 Å². The van der Waals surface area contributed by atoms with E-state index in [9.17, 15) is 28.0 Å². The predicted molar refractivity (Wildman–Crippen MR) is 113 cm³/mol. The summed E-state index contributed by atoms with van der Waals surface area (Å²) >= 11 is 0. The maximum Gasteiger partial charge on any atom is 0.391 e. The minimum absolute atomic E-state index is 0.0686. The van der Waals surface area contributed by atoms with Crippen LogP contribution >= 0.6 is 0 Å². The van der Waals surface area contributed by atoms with Crippen molar-refractivity contribution in [1.82, 2.24) is 14.7 Å². The van der Waals surface area contributed by atoms with Crippen LogP contribution in [0.4, 0.5) is 19.0 Å². The minimum Gasteiger partial charge on any atom is -0.365 e. The van der Waals surface area contributed by atoms with Gasteiger partial charge in [0, 0.05) is 18.2 Å². The van der Waals surface area contributed by atoms with E-state index in [1.807, 2.05) is 0 Å². The average molecular weight is 467 g/mol. The summed E-state index contributed by atoms with van der Waals surface area (Å²) in [6.45, 7) is 0.843. The molecule has 0 atom stereocenters. The molecule has 4 rings (SSSR count). The van der Waals surface area contributed by atoms with Crippen molar-refractivity contribution in [2.75, 3.05) is 18.4 Å². The standard InChI is InChI=1S/C22H29F3N6O2/c23-22(24,25)15-5-11-30(12-6-15)16-3-7-21(8-4-16,9-10-26)31-13-17(18(27)32)19(29-31)28-20(33)14-1-2-14/h13-16H,1-9,11-12H2,(H2,27,32)(H,28,29,33)/t16-,21-. The van der Waals surface area contributed by atoms with Crippen LogP contribution in [0.2, 0.25) is 0 Å². The number of nitrogens with one attached hydrogen (secondary N) is 1. The second-order valence-corrected chi connectivity index (χ2v) is 9.61. The zero-order valence-electron chi connectivity index (χ0n) is 18.4. The van der Waals surface area contributed by atoms with Crippen LogP contribution in [0.25, 0.3) is 0 Å². The Kier molecular flexibility index (Phi) is 6.40. The highest BCUT2D eigenvalue weighted by Gasteiger charge is 2.44. The lowest BCUT2D eigenvalue weighted by Gasteiger charge is -2.45. The van der Waals surface area contributed by atoms with Gasteiger partial charge in [0.1, 0.15) is 5.56 Å². The fourth-order valence-corrected chi connectivity index (χ4v) is 5.18. The fourth-order valence-electron chi connectivity index (χ4n) is 5.18. The molecule has 3 aliphatic rings. The second-order valence-electron chi connectivity index (χ2n) is 9.61. The molecule has 1 saturated heterocycles. The molecule has 2 aliphatic carbocycles. The lowest BCUT2D eigenvalue weighted by molar-refractivity contribution is -0.186. The van der Waals surface area contributed by atoms with E-state index < -0.39 is 23.5 Å². The number of anilines is 1. The van der Waals surface area contributed by atoms with E-state index >= 15 is 0 Å². The molecule has 0 spiro atoms. The number of aromatic nitrogens is 2. The first-order valence-electron chi connectivity index (χ1n) is 11.5. The van der Waals surface area contributed by atoms with E-state index in [1.165, 1.54) is 6.20 Å². The summed E-state index contributed by atoms with van der Waals surface area (Å²) in [5.74, 6) is -2.08. The van der Waals surface area contributed by atoms with Gasteiger partial charge in [0.15, 0.2) is 5.82 Å². The third-order valence-electron chi connectivity index (χ3n) is 7.46. The number of carbonyl (C=O) groups excluding carboxylic acids is 2. The van der Waals surface area contributed by atoms with Crippen molar-refractivity contribution in [3.63, 3.8) is 0 Å². The van der Waals surface area contributed by atoms with Crippen LogP contribution in [0.15, 0.2) is 6.20 Å². The van der Waals surface area contributed by atoms with Gasteiger partial charge in [0.25, 0.3) is 5.91 Å². The lowest BCUT2D eigenvalue weighted by Crippen LogP contribution is -2.48. The van der Waals surface area contributed by atoms with Gasteiger partial charge in [0.2, 0.25) is 5.91 Å². The fraction of sp³-hybridized carbons (Fsp3) is 0.727. The third-order valence-corrected chi connectivity index (χ3v) is 7.46. The van der Waals surface area contributed by atoms with Crippen molar-refractivity contribution in [3.05, 3.63) is 11.8 Å². The van der Waals surface area contributed by atoms with Crippen LogP contribution in [0.5, 0.6) is 0 Å². The Morgan fingerprint density at radius 3 is 2.33 bits per heavy atom. The van der Waals surface area contributed by atoms with E-state index in [0.717, 1.165) is 12.8 Å². The summed E-state index contributed by atoms with van der Waals surface area (Å²) in [5, 5.41) is 16.7. The van der Waals surface area contributed by atoms with Crippen LogP contribution < -0.4 is 11.1 Å². The van der Waals surface area contributed by atoms with Crippen molar-refractivity contribution in [3.8, 4) is 6.07 Å². The molecule has 1 aromatic heterocycles. The van der Waals surface area contributed by atoms with Gasteiger partial charge in [-0.15, -0.1) is 0 Å². The Hall–Kier alpha value is -2.61. The van der Waals surface area contributed by atoms with Crippen molar-refractivity contribution < 1.29 is 22.8 Å². The van der Waals surface area contributed by atoms with Crippen molar-refractivity contribution in [2.45, 2.75) is 75.5 Å². The van der Waals surface area contributed by atoms with E-state index in [2.05, 4.69) is 21.4 Å². The number of primary amides is 1. The van der Waals surface area contributed by atoms with Crippen LogP contribution in [0, 0.1) is 23.2 Å². The largest absolute Gasteiger partial charge is 0.391 e. The Morgan fingerprint density at radius 2 is 1.82 bits per heavy atom. The molecule has 0 unspecified atom stereocenters. The quantitative estimate of drug-likeness (QED) is 0.668. The van der Waals surface area contributed by atoms with Crippen LogP contribution in [-0.4, -0.2) is 51.8 Å². The number of piperidine rings is 1. The molecule has 0 bridgehead atoms. The molecule has 8 nitrogen and oxygen atoms in total. The highest BCUT2D eigenvalue weighted by Crippen LogP contribution is 2.42. The number of rotatable bonds is 6. The number of hydrogen-bond donors (Lipinski definition) is 2. The SMILES string of the molecule is N#CC[C@]1(n2cc(C(N)=O)c(NC(=O)C3CC3)n2)CC[C@H](N2CCC(C(F)(F)F)CC2)CC1. The molecular weight excluding hydrogens is 437 g/mol. The number of carbonyl (C=O) groups is 2. The molecule has 1 aliphatic heterocycles. The summed E-state index contributed by atoms with van der Waals surface area (Å²) in [7, 11) is 0. The summed E-state index contributed by atoms with van der Waals surface area (Å²) in [6.07, 6.45) is 2.02. The third kappa shape index (κ3) is 5.00. The van der Waals surface area contributed by atoms with Gasteiger partial charge >= 0.3 is 6.18 Å². The molecular formula is C22H29F3N6O2. The first-order valence-corrected chi connectivity index (χ1v) is 11.5. The van der Waals surface area contributed by atoms with Crippen molar-refractivity contribution >= 4 is 17.6 Å². The number of hydrogen-bond acceptors (Lipinski definition) is 5. The number of halogens is 3. The molecule has 0 radical (unpaired) electrons. The second kappa shape index (κ2) is 8.97. The molecule has 180 valence electrons. The number of amides is 2. The molecule has 2 amide bonds. The van der Waals surface area contributed by atoms with E-state index in [0.29, 0.717) is 38.8 Å². The Labute approximate surface area is 190 Å². The first kappa shape index (κ1) is 23.5. The van der Waals surface area contributed by atoms with Gasteiger partial charge < -0.3 is 16.0 Å². The molecule has 3 fully saturated rings. The lowest BCUT2D eigenvalue weighted by atomic mass is 9.76. The number of nitrogens with two attached hydrogens (primary N) is 1. The molecule has 11 heteroatoms. The van der Waals surface area contributed by atoms with Gasteiger partial charge in [-0.2, -0.15) is 23.5 Å². The Bertz CT molecular complexity index is 933. The van der Waals surface area contributed by atoms with Crippen LogP contribution in [-0.2, 0) is 10.3 Å². The highest BCUT2D eigenvalue weighted by atomic mass is 19.4. The predicted octanol–water partition coefficient (Wildman–Crippen LogP) is 3.16. The molecule has 2 heterocycles. The zero-order chi connectivity index (χ0) is 23.8. The van der Waals surface area contributed by atoms with E-state index in [4.69, 9.17) is 5.73 Å². The maximum absolute atomic E-state index is 13.0. The summed E-state index contributed by atoms with van der Waals surface area (Å²) in [5.41, 5.74) is 4.97.